The highest BCUT2D eigenvalue weighted by Crippen LogP contribution is 2.22. The summed E-state index contributed by atoms with van der Waals surface area (Å²) < 4.78 is 4.47. The summed E-state index contributed by atoms with van der Waals surface area (Å²) in [7, 11) is 2.10. The molecule has 126 valence electrons. The Bertz CT molecular complexity index is 963. The molecule has 24 heavy (non-hydrogen) atoms. The molecule has 0 amide bonds. The lowest BCUT2D eigenvalue weighted by Gasteiger charge is -2.16. The maximum absolute atomic E-state index is 6.09. The molecular formula is C16H18Cl2N5S+. The van der Waals surface area contributed by atoms with E-state index in [0.29, 0.717) is 27.3 Å². The molecular weight excluding hydrogens is 365 g/mol. The van der Waals surface area contributed by atoms with Crippen LogP contribution in [0.1, 0.15) is 17.0 Å². The third kappa shape index (κ3) is 3.47. The quantitative estimate of drug-likeness (QED) is 0.705. The zero-order chi connectivity index (χ0) is 17.4. The Morgan fingerprint density at radius 2 is 1.88 bits per heavy atom. The van der Waals surface area contributed by atoms with Gasteiger partial charge in [0.2, 0.25) is 4.77 Å². The maximum atomic E-state index is 6.09. The summed E-state index contributed by atoms with van der Waals surface area (Å²) in [5.41, 5.74) is 3.11. The van der Waals surface area contributed by atoms with Crippen LogP contribution in [-0.2, 0) is 13.2 Å². The SMILES string of the molecule is Cc1cc(C)n2c(n1)nc(=S)n2C[NH+](C)Cc1ccc(Cl)c(Cl)c1. The molecule has 2 heterocycles. The minimum absolute atomic E-state index is 0.532. The molecule has 0 saturated heterocycles. The van der Waals surface area contributed by atoms with Gasteiger partial charge in [0.15, 0.2) is 6.67 Å². The summed E-state index contributed by atoms with van der Waals surface area (Å²) in [6, 6.07) is 7.73. The largest absolute Gasteiger partial charge is 0.315 e. The average Bonchev–Trinajstić information content (AvgIpc) is 2.79. The number of aryl methyl sites for hydroxylation is 2. The van der Waals surface area contributed by atoms with Gasteiger partial charge >= 0.3 is 0 Å². The Balaban J connectivity index is 1.88. The van der Waals surface area contributed by atoms with E-state index in [0.717, 1.165) is 23.5 Å². The predicted molar refractivity (Wildman–Crippen MR) is 98.3 cm³/mol. The second-order valence-corrected chi connectivity index (χ2v) is 7.16. The summed E-state index contributed by atoms with van der Waals surface area (Å²) >= 11 is 17.5. The van der Waals surface area contributed by atoms with E-state index in [1.165, 1.54) is 4.90 Å². The Labute approximate surface area is 155 Å². The predicted octanol–water partition coefficient (Wildman–Crippen LogP) is 2.86. The lowest BCUT2D eigenvalue weighted by atomic mass is 10.2. The van der Waals surface area contributed by atoms with Gasteiger partial charge in [-0.2, -0.15) is 4.98 Å². The van der Waals surface area contributed by atoms with Gasteiger partial charge in [0.05, 0.1) is 17.1 Å². The molecule has 8 heteroatoms. The van der Waals surface area contributed by atoms with E-state index >= 15 is 0 Å². The molecule has 0 aliphatic rings. The van der Waals surface area contributed by atoms with Gasteiger partial charge in [0.25, 0.3) is 5.78 Å². The fourth-order valence-electron chi connectivity index (χ4n) is 2.81. The van der Waals surface area contributed by atoms with Crippen molar-refractivity contribution in [3.8, 4) is 0 Å². The first kappa shape index (κ1) is 17.4. The van der Waals surface area contributed by atoms with Crippen molar-refractivity contribution < 1.29 is 4.90 Å². The monoisotopic (exact) mass is 382 g/mol. The van der Waals surface area contributed by atoms with Crippen molar-refractivity contribution in [3.63, 3.8) is 0 Å². The molecule has 3 aromatic rings. The number of rotatable bonds is 4. The second kappa shape index (κ2) is 6.80. The van der Waals surface area contributed by atoms with Gasteiger partial charge in [-0.05, 0) is 44.3 Å². The van der Waals surface area contributed by atoms with Crippen molar-refractivity contribution in [2.24, 2.45) is 0 Å². The minimum atomic E-state index is 0.532. The number of aromatic nitrogens is 4. The molecule has 0 fully saturated rings. The topological polar surface area (TPSA) is 39.6 Å². The van der Waals surface area contributed by atoms with Crippen LogP contribution in [0, 0.1) is 18.6 Å². The van der Waals surface area contributed by atoms with Gasteiger partial charge in [0, 0.05) is 17.0 Å². The summed E-state index contributed by atoms with van der Waals surface area (Å²) in [4.78, 5) is 10.1. The summed E-state index contributed by atoms with van der Waals surface area (Å²) in [5.74, 6) is 0.639. The minimum Gasteiger partial charge on any atom is -0.315 e. The van der Waals surface area contributed by atoms with E-state index in [1.54, 1.807) is 0 Å². The smallest absolute Gasteiger partial charge is 0.252 e. The first-order valence-corrected chi connectivity index (χ1v) is 8.70. The lowest BCUT2D eigenvalue weighted by molar-refractivity contribution is -0.917. The van der Waals surface area contributed by atoms with Gasteiger partial charge in [0.1, 0.15) is 6.54 Å². The molecule has 1 aromatic carbocycles. The number of nitrogens with one attached hydrogen (secondary N) is 1. The second-order valence-electron chi connectivity index (χ2n) is 5.99. The van der Waals surface area contributed by atoms with Crippen molar-refractivity contribution >= 4 is 41.2 Å². The number of fused-ring (bicyclic) bond motifs is 1. The third-order valence-corrected chi connectivity index (χ3v) is 4.83. The molecule has 0 radical (unpaired) electrons. The summed E-state index contributed by atoms with van der Waals surface area (Å²) in [6.07, 6.45) is 0. The highest BCUT2D eigenvalue weighted by atomic mass is 35.5. The molecule has 5 nitrogen and oxygen atoms in total. The van der Waals surface area contributed by atoms with Gasteiger partial charge in [-0.15, -0.1) is 0 Å². The van der Waals surface area contributed by atoms with Gasteiger partial charge < -0.3 is 4.90 Å². The fraction of sp³-hybridized carbons (Fsp3) is 0.312. The van der Waals surface area contributed by atoms with E-state index < -0.39 is 0 Å². The van der Waals surface area contributed by atoms with Crippen LogP contribution in [0.5, 0.6) is 0 Å². The zero-order valence-corrected chi connectivity index (χ0v) is 16.0. The van der Waals surface area contributed by atoms with Crippen LogP contribution in [0.4, 0.5) is 0 Å². The van der Waals surface area contributed by atoms with E-state index in [2.05, 4.69) is 17.0 Å². The van der Waals surface area contributed by atoms with E-state index in [-0.39, 0.29) is 0 Å². The Morgan fingerprint density at radius 1 is 1.12 bits per heavy atom. The van der Waals surface area contributed by atoms with E-state index in [9.17, 15) is 0 Å². The van der Waals surface area contributed by atoms with Crippen LogP contribution in [0.3, 0.4) is 0 Å². The van der Waals surface area contributed by atoms with Crippen molar-refractivity contribution in [1.29, 1.82) is 0 Å². The van der Waals surface area contributed by atoms with Crippen LogP contribution in [0.15, 0.2) is 24.3 Å². The molecule has 0 aliphatic carbocycles. The number of benzene rings is 1. The molecule has 2 aromatic heterocycles. The number of halogens is 2. The fourth-order valence-corrected chi connectivity index (χ4v) is 3.35. The third-order valence-electron chi connectivity index (χ3n) is 3.79. The average molecular weight is 383 g/mol. The number of hydrogen-bond donors (Lipinski definition) is 1. The van der Waals surface area contributed by atoms with Gasteiger partial charge in [-0.25, -0.2) is 14.2 Å². The highest BCUT2D eigenvalue weighted by molar-refractivity contribution is 7.71. The number of nitrogens with zero attached hydrogens (tertiary/aromatic N) is 4. The van der Waals surface area contributed by atoms with Crippen molar-refractivity contribution in [1.82, 2.24) is 19.2 Å². The molecule has 1 unspecified atom stereocenters. The summed E-state index contributed by atoms with van der Waals surface area (Å²) in [6.45, 7) is 5.45. The van der Waals surface area contributed by atoms with E-state index in [4.69, 9.17) is 35.4 Å². The maximum Gasteiger partial charge on any atom is 0.252 e. The highest BCUT2D eigenvalue weighted by Gasteiger charge is 2.13. The molecule has 0 saturated carbocycles. The normalized spacial score (nSPS) is 12.7. The van der Waals surface area contributed by atoms with Crippen LogP contribution < -0.4 is 4.90 Å². The molecule has 3 rings (SSSR count). The number of quaternary nitrogens is 1. The van der Waals surface area contributed by atoms with Crippen molar-refractivity contribution in [2.75, 3.05) is 7.05 Å². The van der Waals surface area contributed by atoms with Crippen molar-refractivity contribution in [2.45, 2.75) is 27.1 Å². The van der Waals surface area contributed by atoms with E-state index in [1.807, 2.05) is 47.3 Å². The zero-order valence-electron chi connectivity index (χ0n) is 13.7. The van der Waals surface area contributed by atoms with Crippen molar-refractivity contribution in [3.05, 3.63) is 56.0 Å². The molecule has 0 bridgehead atoms. The Hall–Kier alpha value is -1.47. The first-order chi connectivity index (χ1) is 11.3. The Morgan fingerprint density at radius 3 is 2.58 bits per heavy atom. The first-order valence-electron chi connectivity index (χ1n) is 7.54. The molecule has 1 N–H and O–H groups in total. The standard InChI is InChI=1S/C16H17Cl2N5S/c1-10-6-11(2)23-15(19-10)20-16(24)22(23)9-21(3)8-12-4-5-13(17)14(18)7-12/h4-7H,8-9H2,1-3H3/p+1. The molecule has 1 atom stereocenters. The lowest BCUT2D eigenvalue weighted by Crippen LogP contribution is -3.07. The van der Waals surface area contributed by atoms with Crippen LogP contribution >= 0.6 is 35.4 Å². The molecule has 0 spiro atoms. The Kier molecular flexibility index (Phi) is 4.92. The molecule has 0 aliphatic heterocycles. The van der Waals surface area contributed by atoms with Gasteiger partial charge in [-0.3, -0.25) is 0 Å². The van der Waals surface area contributed by atoms with Crippen LogP contribution in [-0.4, -0.2) is 26.2 Å². The number of hydrogen-bond acceptors (Lipinski definition) is 3. The summed E-state index contributed by atoms with van der Waals surface area (Å²) in [5, 5.41) is 1.14. The van der Waals surface area contributed by atoms with Gasteiger partial charge in [-0.1, -0.05) is 29.3 Å². The van der Waals surface area contributed by atoms with Crippen LogP contribution in [0.25, 0.3) is 5.78 Å². The van der Waals surface area contributed by atoms with Crippen LogP contribution in [0.2, 0.25) is 10.0 Å².